The second-order valence-electron chi connectivity index (χ2n) is 14.8. The fourth-order valence-electron chi connectivity index (χ4n) is 8.36. The third kappa shape index (κ3) is 9.36. The minimum atomic E-state index is 0.0419. The van der Waals surface area contributed by atoms with Crippen molar-refractivity contribution in [1.29, 1.82) is 0 Å². The van der Waals surface area contributed by atoms with Gasteiger partial charge >= 0.3 is 0 Å². The van der Waals surface area contributed by atoms with E-state index in [4.69, 9.17) is 21.3 Å². The number of piperidine rings is 2. The summed E-state index contributed by atoms with van der Waals surface area (Å²) in [7, 11) is 3.58. The van der Waals surface area contributed by atoms with Crippen molar-refractivity contribution in [1.82, 2.24) is 25.1 Å². The lowest BCUT2D eigenvalue weighted by molar-refractivity contribution is -0.272. The molecule has 2 aliphatic heterocycles. The van der Waals surface area contributed by atoms with Crippen LogP contribution in [-0.2, 0) is 9.68 Å². The number of halogens is 1. The van der Waals surface area contributed by atoms with Gasteiger partial charge in [0.15, 0.2) is 0 Å². The summed E-state index contributed by atoms with van der Waals surface area (Å²) in [6, 6.07) is 0. The maximum absolute atomic E-state index is 6.22. The highest BCUT2D eigenvalue weighted by Gasteiger charge is 2.46. The quantitative estimate of drug-likeness (QED) is 0.214. The fourth-order valence-corrected chi connectivity index (χ4v) is 8.52. The average molecular weight is 596 g/mol. The van der Waals surface area contributed by atoms with Gasteiger partial charge in [0.2, 0.25) is 17.2 Å². The van der Waals surface area contributed by atoms with Gasteiger partial charge < -0.3 is 20.3 Å². The first-order chi connectivity index (χ1) is 19.1. The van der Waals surface area contributed by atoms with Gasteiger partial charge in [-0.1, -0.05) is 25.7 Å². The summed E-state index contributed by atoms with van der Waals surface area (Å²) in [5.41, 5.74) is 0.167. The van der Waals surface area contributed by atoms with Crippen LogP contribution in [0.5, 0.6) is 0 Å². The highest BCUT2D eigenvalue weighted by Crippen LogP contribution is 2.44. The number of aromatic nitrogens is 3. The molecule has 0 aromatic carbocycles. The Bertz CT molecular complexity index is 864. The van der Waals surface area contributed by atoms with E-state index in [0.29, 0.717) is 23.7 Å². The van der Waals surface area contributed by atoms with Gasteiger partial charge in [0.1, 0.15) is 0 Å². The van der Waals surface area contributed by atoms with Gasteiger partial charge in [0, 0.05) is 35.2 Å². The van der Waals surface area contributed by atoms with Crippen LogP contribution in [0.1, 0.15) is 120 Å². The zero-order valence-corrected chi connectivity index (χ0v) is 28.3. The molecule has 10 heteroatoms. The third-order valence-electron chi connectivity index (χ3n) is 8.97. The monoisotopic (exact) mass is 595 g/mol. The van der Waals surface area contributed by atoms with Gasteiger partial charge in [-0.05, 0) is 117 Å². The molecular formula is C31H58ClN7O2. The van der Waals surface area contributed by atoms with Crippen LogP contribution < -0.4 is 10.6 Å². The van der Waals surface area contributed by atoms with Crippen LogP contribution in [0, 0.1) is 11.8 Å². The zero-order valence-electron chi connectivity index (χ0n) is 27.6. The first-order valence-electron chi connectivity index (χ1n) is 15.7. The summed E-state index contributed by atoms with van der Waals surface area (Å²) >= 11 is 6.22. The molecule has 0 aliphatic carbocycles. The molecule has 1 aromatic rings. The highest BCUT2D eigenvalue weighted by molar-refractivity contribution is 6.28. The van der Waals surface area contributed by atoms with Gasteiger partial charge in [-0.15, -0.1) is 0 Å². The van der Waals surface area contributed by atoms with E-state index in [0.717, 1.165) is 51.6 Å². The summed E-state index contributed by atoms with van der Waals surface area (Å²) in [6.07, 6.45) is 11.5. The lowest BCUT2D eigenvalue weighted by Crippen LogP contribution is -2.59. The van der Waals surface area contributed by atoms with Crippen molar-refractivity contribution in [3.8, 4) is 0 Å². The van der Waals surface area contributed by atoms with E-state index in [1.54, 1.807) is 14.2 Å². The molecule has 2 fully saturated rings. The minimum Gasteiger partial charge on any atom is -0.354 e. The number of hydrogen-bond donors (Lipinski definition) is 2. The number of anilines is 2. The largest absolute Gasteiger partial charge is 0.354 e. The van der Waals surface area contributed by atoms with Gasteiger partial charge in [-0.2, -0.15) is 25.1 Å². The van der Waals surface area contributed by atoms with E-state index in [9.17, 15) is 0 Å². The molecule has 2 N–H and O–H groups in total. The van der Waals surface area contributed by atoms with Crippen LogP contribution in [0.15, 0.2) is 0 Å². The Morgan fingerprint density at radius 2 is 0.976 bits per heavy atom. The first kappa shape index (κ1) is 34.2. The molecule has 3 heterocycles. The summed E-state index contributed by atoms with van der Waals surface area (Å²) < 4.78 is 0. The molecule has 2 saturated heterocycles. The summed E-state index contributed by atoms with van der Waals surface area (Å²) in [6.45, 7) is 19.9. The van der Waals surface area contributed by atoms with Crippen LogP contribution >= 0.6 is 11.6 Å². The van der Waals surface area contributed by atoms with Gasteiger partial charge in [-0.3, -0.25) is 0 Å². The van der Waals surface area contributed by atoms with Crippen molar-refractivity contribution in [3.05, 3.63) is 5.28 Å². The smallest absolute Gasteiger partial charge is 0.228 e. The van der Waals surface area contributed by atoms with Crippen molar-refractivity contribution in [2.45, 2.75) is 142 Å². The maximum Gasteiger partial charge on any atom is 0.228 e. The van der Waals surface area contributed by atoms with Gasteiger partial charge in [0.05, 0.1) is 14.2 Å². The number of nitrogens with zero attached hydrogens (tertiary/aromatic N) is 5. The molecule has 0 spiro atoms. The van der Waals surface area contributed by atoms with Crippen LogP contribution in [0.4, 0.5) is 11.9 Å². The first-order valence-corrected chi connectivity index (χ1v) is 16.1. The summed E-state index contributed by atoms with van der Waals surface area (Å²) in [5.74, 6) is 2.48. The Morgan fingerprint density at radius 3 is 1.29 bits per heavy atom. The van der Waals surface area contributed by atoms with E-state index in [1.165, 1.54) is 25.7 Å². The van der Waals surface area contributed by atoms with Crippen LogP contribution in [0.2, 0.25) is 5.28 Å². The minimum absolute atomic E-state index is 0.0419. The molecule has 0 radical (unpaired) electrons. The van der Waals surface area contributed by atoms with Crippen LogP contribution in [-0.4, -0.2) is 74.5 Å². The summed E-state index contributed by atoms with van der Waals surface area (Å²) in [5, 5.41) is 11.3. The van der Waals surface area contributed by atoms with E-state index in [1.807, 2.05) is 0 Å². The van der Waals surface area contributed by atoms with E-state index in [2.05, 4.69) is 91.1 Å². The molecular weight excluding hydrogens is 538 g/mol. The second kappa shape index (κ2) is 14.0. The second-order valence-corrected chi connectivity index (χ2v) is 15.2. The zero-order chi connectivity index (χ0) is 30.5. The van der Waals surface area contributed by atoms with Crippen molar-refractivity contribution in [2.75, 3.05) is 37.9 Å². The average Bonchev–Trinajstić information content (AvgIpc) is 2.81. The highest BCUT2D eigenvalue weighted by atomic mass is 35.5. The molecule has 2 aliphatic rings. The number of nitrogens with one attached hydrogen (secondary N) is 2. The molecule has 3 rings (SSSR count). The van der Waals surface area contributed by atoms with Crippen molar-refractivity contribution in [3.63, 3.8) is 0 Å². The fraction of sp³-hybridized carbons (Fsp3) is 0.903. The normalized spacial score (nSPS) is 23.0. The molecule has 236 valence electrons. The van der Waals surface area contributed by atoms with E-state index >= 15 is 0 Å². The Labute approximate surface area is 254 Å². The molecule has 1 aromatic heterocycles. The van der Waals surface area contributed by atoms with E-state index < -0.39 is 0 Å². The van der Waals surface area contributed by atoms with Gasteiger partial charge in [0.25, 0.3) is 0 Å². The Kier molecular flexibility index (Phi) is 11.7. The standard InChI is InChI=1S/C31H58ClN7O2/c1-28(2)19-23(20-29(3,4)38(28)40-9)15-11-13-17-33-26-35-25(32)36-27(37-26)34-18-14-12-16-24-21-30(5,6)39(41-10)31(7,8)22-24/h23-24H,11-22H2,1-10H3,(H2,33,34,35,36,37). The van der Waals surface area contributed by atoms with Crippen LogP contribution in [0.25, 0.3) is 0 Å². The number of hydroxylamine groups is 4. The predicted molar refractivity (Wildman–Crippen MR) is 169 cm³/mol. The molecule has 9 nitrogen and oxygen atoms in total. The van der Waals surface area contributed by atoms with Crippen LogP contribution in [0.3, 0.4) is 0 Å². The van der Waals surface area contributed by atoms with Crippen molar-refractivity contribution in [2.24, 2.45) is 11.8 Å². The maximum atomic E-state index is 6.22. The Morgan fingerprint density at radius 1 is 0.634 bits per heavy atom. The molecule has 0 atom stereocenters. The third-order valence-corrected chi connectivity index (χ3v) is 9.14. The molecule has 0 saturated carbocycles. The Balaban J connectivity index is 1.36. The molecule has 0 unspecified atom stereocenters. The van der Waals surface area contributed by atoms with Crippen molar-refractivity contribution >= 4 is 23.5 Å². The lowest BCUT2D eigenvalue weighted by Gasteiger charge is -2.53. The van der Waals surface area contributed by atoms with Crippen molar-refractivity contribution < 1.29 is 9.68 Å². The predicted octanol–water partition coefficient (Wildman–Crippen LogP) is 7.35. The molecule has 0 amide bonds. The SMILES string of the molecule is CON1C(C)(C)CC(CCCCNc2nc(Cl)nc(NCCCCC3CC(C)(C)N(OC)C(C)(C)C3)n2)CC1(C)C. The van der Waals surface area contributed by atoms with E-state index in [-0.39, 0.29) is 27.4 Å². The molecule has 41 heavy (non-hydrogen) atoms. The number of rotatable bonds is 14. The summed E-state index contributed by atoms with van der Waals surface area (Å²) in [4.78, 5) is 24.6. The number of unbranched alkanes of at least 4 members (excludes halogenated alkanes) is 2. The topological polar surface area (TPSA) is 87.7 Å². The van der Waals surface area contributed by atoms with Gasteiger partial charge in [-0.25, -0.2) is 0 Å². The lowest BCUT2D eigenvalue weighted by atomic mass is 9.73. The molecule has 0 bridgehead atoms. The number of hydrogen-bond acceptors (Lipinski definition) is 9. The Hall–Kier alpha value is -1.26.